The number of fused-ring (bicyclic) bond motifs is 1. The number of nitrogens with zero attached hydrogens (tertiary/aromatic N) is 1. The van der Waals surface area contributed by atoms with Crippen molar-refractivity contribution < 1.29 is 24.4 Å². The number of hydrogen-bond acceptors (Lipinski definition) is 7. The molecule has 1 aromatic rings. The monoisotopic (exact) mass is 330 g/mol. The van der Waals surface area contributed by atoms with E-state index in [2.05, 4.69) is 4.98 Å². The maximum atomic E-state index is 11.7. The van der Waals surface area contributed by atoms with Gasteiger partial charge in [-0.1, -0.05) is 0 Å². The van der Waals surface area contributed by atoms with E-state index in [1.165, 1.54) is 10.8 Å². The second-order valence-electron chi connectivity index (χ2n) is 5.79. The number of aromatic nitrogens is 2. The summed E-state index contributed by atoms with van der Waals surface area (Å²) in [5.74, 6) is -0.797. The standard InChI is InChI=1S/C13H18N2O6S/c1-13(2)20-8-7(5-17)19-11(9(8)21-13)15-3-6(4-16)10(18)14-12(15)22/h3,7-9,11,16-17H,4-5H2,1-2H3,(H,14,18,22)/t7-,8-,9-,11-/m1/s1. The van der Waals surface area contributed by atoms with Crippen molar-refractivity contribution in [1.82, 2.24) is 9.55 Å². The Morgan fingerprint density at radius 2 is 2.05 bits per heavy atom. The summed E-state index contributed by atoms with van der Waals surface area (Å²) in [5, 5.41) is 18.7. The lowest BCUT2D eigenvalue weighted by Crippen LogP contribution is -2.31. The van der Waals surface area contributed by atoms with Gasteiger partial charge in [-0.3, -0.25) is 14.3 Å². The normalized spacial score (nSPS) is 33.1. The quantitative estimate of drug-likeness (QED) is 0.660. The van der Waals surface area contributed by atoms with Gasteiger partial charge in [-0.05, 0) is 26.1 Å². The Balaban J connectivity index is 2.02. The molecule has 2 saturated heterocycles. The molecule has 3 N–H and O–H groups in total. The summed E-state index contributed by atoms with van der Waals surface area (Å²) in [7, 11) is 0. The molecule has 0 amide bonds. The molecule has 1 aromatic heterocycles. The summed E-state index contributed by atoms with van der Waals surface area (Å²) >= 11 is 5.16. The van der Waals surface area contributed by atoms with Crippen molar-refractivity contribution in [2.24, 2.45) is 0 Å². The van der Waals surface area contributed by atoms with Crippen molar-refractivity contribution in [1.29, 1.82) is 0 Å². The van der Waals surface area contributed by atoms with Gasteiger partial charge in [0.25, 0.3) is 5.56 Å². The maximum Gasteiger partial charge on any atom is 0.257 e. The van der Waals surface area contributed by atoms with Crippen LogP contribution in [0.3, 0.4) is 0 Å². The van der Waals surface area contributed by atoms with Crippen LogP contribution < -0.4 is 5.56 Å². The highest BCUT2D eigenvalue weighted by atomic mass is 32.1. The van der Waals surface area contributed by atoms with Crippen LogP contribution in [0, 0.1) is 4.77 Å². The zero-order chi connectivity index (χ0) is 16.1. The van der Waals surface area contributed by atoms with E-state index in [9.17, 15) is 15.0 Å². The number of nitrogens with one attached hydrogen (secondary N) is 1. The van der Waals surface area contributed by atoms with Crippen LogP contribution in [-0.4, -0.2) is 50.5 Å². The van der Waals surface area contributed by atoms with E-state index < -0.39 is 42.5 Å². The highest BCUT2D eigenvalue weighted by Gasteiger charge is 2.55. The van der Waals surface area contributed by atoms with Crippen LogP contribution in [-0.2, 0) is 20.8 Å². The number of aromatic amines is 1. The smallest absolute Gasteiger partial charge is 0.257 e. The molecule has 9 heteroatoms. The molecule has 2 aliphatic rings. The Bertz CT molecular complexity index is 684. The number of aliphatic hydroxyl groups excluding tert-OH is 2. The molecule has 4 atom stereocenters. The van der Waals surface area contributed by atoms with Crippen LogP contribution in [0.5, 0.6) is 0 Å². The third kappa shape index (κ3) is 2.53. The number of rotatable bonds is 3. The third-order valence-electron chi connectivity index (χ3n) is 3.79. The molecular formula is C13H18N2O6S. The Hall–Kier alpha value is -1.10. The van der Waals surface area contributed by atoms with E-state index in [0.717, 1.165) is 0 Å². The molecule has 3 heterocycles. The fourth-order valence-electron chi connectivity index (χ4n) is 2.86. The minimum absolute atomic E-state index is 0.151. The molecule has 0 radical (unpaired) electrons. The molecule has 0 aromatic carbocycles. The molecule has 0 spiro atoms. The van der Waals surface area contributed by atoms with Crippen molar-refractivity contribution in [2.45, 2.75) is 50.8 Å². The first kappa shape index (κ1) is 15.8. The highest BCUT2D eigenvalue weighted by Crippen LogP contribution is 2.42. The van der Waals surface area contributed by atoms with Gasteiger partial charge >= 0.3 is 0 Å². The van der Waals surface area contributed by atoms with Gasteiger partial charge in [0.1, 0.15) is 18.3 Å². The fraction of sp³-hybridized carbons (Fsp3) is 0.692. The molecule has 0 saturated carbocycles. The molecular weight excluding hydrogens is 312 g/mol. The molecule has 8 nitrogen and oxygen atoms in total. The van der Waals surface area contributed by atoms with Crippen molar-refractivity contribution in [3.63, 3.8) is 0 Å². The van der Waals surface area contributed by atoms with Gasteiger partial charge in [0.15, 0.2) is 16.8 Å². The van der Waals surface area contributed by atoms with Crippen LogP contribution in [0.15, 0.2) is 11.0 Å². The van der Waals surface area contributed by atoms with E-state index in [1.54, 1.807) is 13.8 Å². The maximum absolute atomic E-state index is 11.7. The lowest BCUT2D eigenvalue weighted by atomic mass is 10.1. The van der Waals surface area contributed by atoms with Crippen molar-refractivity contribution in [3.05, 3.63) is 26.9 Å². The predicted molar refractivity (Wildman–Crippen MR) is 76.6 cm³/mol. The van der Waals surface area contributed by atoms with Crippen LogP contribution in [0.1, 0.15) is 25.6 Å². The van der Waals surface area contributed by atoms with Crippen molar-refractivity contribution in [2.75, 3.05) is 6.61 Å². The van der Waals surface area contributed by atoms with Crippen LogP contribution >= 0.6 is 12.2 Å². The van der Waals surface area contributed by atoms with Crippen molar-refractivity contribution >= 4 is 12.2 Å². The molecule has 3 rings (SSSR count). The van der Waals surface area contributed by atoms with Gasteiger partial charge < -0.3 is 24.4 Å². The van der Waals surface area contributed by atoms with Gasteiger partial charge in [0.05, 0.1) is 18.8 Å². The van der Waals surface area contributed by atoms with Crippen molar-refractivity contribution in [3.8, 4) is 0 Å². The molecule has 22 heavy (non-hydrogen) atoms. The van der Waals surface area contributed by atoms with E-state index in [-0.39, 0.29) is 16.9 Å². The summed E-state index contributed by atoms with van der Waals surface area (Å²) in [6, 6.07) is 0. The molecule has 122 valence electrons. The van der Waals surface area contributed by atoms with Gasteiger partial charge in [0, 0.05) is 6.20 Å². The lowest BCUT2D eigenvalue weighted by Gasteiger charge is -2.25. The van der Waals surface area contributed by atoms with Gasteiger partial charge in [0.2, 0.25) is 0 Å². The van der Waals surface area contributed by atoms with E-state index in [4.69, 9.17) is 26.4 Å². The number of hydrogen-bond donors (Lipinski definition) is 3. The first-order chi connectivity index (χ1) is 10.4. The lowest BCUT2D eigenvalue weighted by molar-refractivity contribution is -0.200. The summed E-state index contributed by atoms with van der Waals surface area (Å²) in [6.45, 7) is 2.92. The number of H-pyrrole nitrogens is 1. The minimum Gasteiger partial charge on any atom is -0.394 e. The average Bonchev–Trinajstić information content (AvgIpc) is 2.92. The number of aliphatic hydroxyl groups is 2. The van der Waals surface area contributed by atoms with Crippen LogP contribution in [0.4, 0.5) is 0 Å². The summed E-state index contributed by atoms with van der Waals surface area (Å²) < 4.78 is 19.1. The van der Waals surface area contributed by atoms with E-state index >= 15 is 0 Å². The molecule has 0 aliphatic carbocycles. The topological polar surface area (TPSA) is 106 Å². The molecule has 2 fully saturated rings. The van der Waals surface area contributed by atoms with E-state index in [0.29, 0.717) is 0 Å². The predicted octanol–water partition coefficient (Wildman–Crippen LogP) is -0.192. The third-order valence-corrected chi connectivity index (χ3v) is 4.10. The Morgan fingerprint density at radius 3 is 2.68 bits per heavy atom. The van der Waals surface area contributed by atoms with Crippen LogP contribution in [0.2, 0.25) is 0 Å². The molecule has 2 aliphatic heterocycles. The average molecular weight is 330 g/mol. The first-order valence-corrected chi connectivity index (χ1v) is 7.34. The van der Waals surface area contributed by atoms with Gasteiger partial charge in [-0.2, -0.15) is 0 Å². The zero-order valence-electron chi connectivity index (χ0n) is 12.2. The highest BCUT2D eigenvalue weighted by molar-refractivity contribution is 7.71. The van der Waals surface area contributed by atoms with Gasteiger partial charge in [-0.25, -0.2) is 0 Å². The summed E-state index contributed by atoms with van der Waals surface area (Å²) in [6.07, 6.45) is -0.674. The summed E-state index contributed by atoms with van der Waals surface area (Å²) in [4.78, 5) is 14.1. The Labute approximate surface area is 131 Å². The Kier molecular flexibility index (Phi) is 3.96. The second-order valence-corrected chi connectivity index (χ2v) is 6.18. The SMILES string of the molecule is CC1(C)O[C@@H]2[C@H](O1)[C@@H](CO)O[C@H]2n1cc(CO)c(=O)[nH]c1=S. The van der Waals surface area contributed by atoms with Crippen LogP contribution in [0.25, 0.3) is 0 Å². The fourth-order valence-corrected chi connectivity index (χ4v) is 3.11. The zero-order valence-corrected chi connectivity index (χ0v) is 13.0. The van der Waals surface area contributed by atoms with E-state index in [1.807, 2.05) is 0 Å². The molecule has 0 bridgehead atoms. The molecule has 0 unspecified atom stereocenters. The largest absolute Gasteiger partial charge is 0.394 e. The first-order valence-electron chi connectivity index (χ1n) is 6.93. The number of ether oxygens (including phenoxy) is 3. The summed E-state index contributed by atoms with van der Waals surface area (Å²) in [5.41, 5.74) is -0.278. The Morgan fingerprint density at radius 1 is 1.36 bits per heavy atom. The van der Waals surface area contributed by atoms with Gasteiger partial charge in [-0.15, -0.1) is 0 Å². The minimum atomic E-state index is -0.797. The second kappa shape index (κ2) is 5.52.